The van der Waals surface area contributed by atoms with Crippen LogP contribution in [0.4, 0.5) is 0 Å². The van der Waals surface area contributed by atoms with E-state index in [1.54, 1.807) is 42.7 Å². The fraction of sp³-hybridized carbons (Fsp3) is 0.118. The third-order valence-corrected chi connectivity index (χ3v) is 3.50. The zero-order valence-corrected chi connectivity index (χ0v) is 12.0. The fourth-order valence-corrected chi connectivity index (χ4v) is 2.40. The Morgan fingerprint density at radius 2 is 1.73 bits per heavy atom. The molecule has 0 aliphatic heterocycles. The van der Waals surface area contributed by atoms with Gasteiger partial charge in [-0.15, -0.1) is 0 Å². The molecule has 1 unspecified atom stereocenters. The highest BCUT2D eigenvalue weighted by Gasteiger charge is 2.24. The van der Waals surface area contributed by atoms with E-state index in [4.69, 9.17) is 0 Å². The molecule has 1 atom stereocenters. The molecule has 0 aliphatic carbocycles. The molecule has 0 amide bonds. The predicted molar refractivity (Wildman–Crippen MR) is 81.8 cm³/mol. The average Bonchev–Trinajstić information content (AvgIpc) is 3.08. The molecule has 1 aromatic heterocycles. The number of aryl methyl sites for hydroxylation is 1. The van der Waals surface area contributed by atoms with Crippen molar-refractivity contribution in [1.29, 1.82) is 0 Å². The number of aliphatic hydroxyl groups excluding tert-OH is 1. The van der Waals surface area contributed by atoms with Crippen LogP contribution < -0.4 is 0 Å². The summed E-state index contributed by atoms with van der Waals surface area (Å²) in [6, 6.07) is 14.3. The van der Waals surface area contributed by atoms with Gasteiger partial charge in [-0.25, -0.2) is 0 Å². The van der Waals surface area contributed by atoms with E-state index in [1.807, 2.05) is 25.1 Å². The van der Waals surface area contributed by atoms with Gasteiger partial charge >= 0.3 is 0 Å². The Morgan fingerprint density at radius 1 is 1.05 bits per heavy atom. The lowest BCUT2D eigenvalue weighted by atomic mass is 9.95. The van der Waals surface area contributed by atoms with E-state index in [-0.39, 0.29) is 5.78 Å². The number of Topliss-reactive ketones (excluding diaryl/α,β-unsaturated/α-hetero) is 1. The van der Waals surface area contributed by atoms with Gasteiger partial charge in [0, 0.05) is 0 Å². The quantitative estimate of drug-likeness (QED) is 0.750. The third kappa shape index (κ3) is 2.54. The summed E-state index contributed by atoms with van der Waals surface area (Å²) in [6.45, 7) is 1.83. The maximum atomic E-state index is 12.8. The monoisotopic (exact) mass is 293 g/mol. The van der Waals surface area contributed by atoms with Gasteiger partial charge in [-0.2, -0.15) is 15.0 Å². The first kappa shape index (κ1) is 14.2. The second kappa shape index (κ2) is 5.91. The second-order valence-corrected chi connectivity index (χ2v) is 4.97. The number of hydrogen-bond donors (Lipinski definition) is 1. The lowest BCUT2D eigenvalue weighted by Gasteiger charge is -2.15. The molecule has 5 nitrogen and oxygen atoms in total. The van der Waals surface area contributed by atoms with Crippen molar-refractivity contribution < 1.29 is 9.90 Å². The van der Waals surface area contributed by atoms with E-state index in [0.717, 1.165) is 5.56 Å². The van der Waals surface area contributed by atoms with Gasteiger partial charge in [0.25, 0.3) is 0 Å². The molecule has 3 aromatic rings. The third-order valence-electron chi connectivity index (χ3n) is 3.50. The molecular weight excluding hydrogens is 278 g/mol. The van der Waals surface area contributed by atoms with Crippen molar-refractivity contribution in [3.05, 3.63) is 77.6 Å². The van der Waals surface area contributed by atoms with Gasteiger partial charge in [0.05, 0.1) is 23.6 Å². The van der Waals surface area contributed by atoms with Crippen LogP contribution >= 0.6 is 0 Å². The number of benzene rings is 2. The number of nitrogens with zero attached hydrogens (tertiary/aromatic N) is 3. The highest BCUT2D eigenvalue weighted by Crippen LogP contribution is 2.24. The van der Waals surface area contributed by atoms with Gasteiger partial charge in [0.1, 0.15) is 6.10 Å². The SMILES string of the molecule is Cc1cccc(-n2nccn2)c1C(=O)C(O)c1ccccc1. The van der Waals surface area contributed by atoms with Gasteiger partial charge < -0.3 is 5.11 Å². The van der Waals surface area contributed by atoms with Crippen LogP contribution in [0.15, 0.2) is 60.9 Å². The Balaban J connectivity index is 2.06. The Kier molecular flexibility index (Phi) is 3.80. The number of aliphatic hydroxyl groups is 1. The van der Waals surface area contributed by atoms with Crippen LogP contribution in [0, 0.1) is 6.92 Å². The summed E-state index contributed by atoms with van der Waals surface area (Å²) in [5, 5.41) is 18.5. The topological polar surface area (TPSA) is 68.0 Å². The molecule has 0 saturated heterocycles. The van der Waals surface area contributed by atoms with Gasteiger partial charge in [-0.1, -0.05) is 42.5 Å². The summed E-state index contributed by atoms with van der Waals surface area (Å²) in [5.74, 6) is -0.364. The largest absolute Gasteiger partial charge is 0.380 e. The van der Waals surface area contributed by atoms with Gasteiger partial charge in [-0.3, -0.25) is 4.79 Å². The fourth-order valence-electron chi connectivity index (χ4n) is 2.40. The Hall–Kier alpha value is -2.79. The molecule has 0 bridgehead atoms. The van der Waals surface area contributed by atoms with Crippen molar-refractivity contribution in [2.45, 2.75) is 13.0 Å². The molecule has 0 aliphatic rings. The van der Waals surface area contributed by atoms with E-state index in [1.165, 1.54) is 4.80 Å². The Labute approximate surface area is 127 Å². The highest BCUT2D eigenvalue weighted by molar-refractivity contribution is 6.04. The summed E-state index contributed by atoms with van der Waals surface area (Å²) in [4.78, 5) is 14.1. The van der Waals surface area contributed by atoms with Crippen molar-refractivity contribution in [3.63, 3.8) is 0 Å². The van der Waals surface area contributed by atoms with Crippen molar-refractivity contribution in [2.75, 3.05) is 0 Å². The first-order chi connectivity index (χ1) is 10.7. The van der Waals surface area contributed by atoms with Crippen LogP contribution in [0.25, 0.3) is 5.69 Å². The molecule has 2 aromatic carbocycles. The average molecular weight is 293 g/mol. The van der Waals surface area contributed by atoms with Gasteiger partial charge in [0.15, 0.2) is 5.78 Å². The van der Waals surface area contributed by atoms with E-state index in [2.05, 4.69) is 10.2 Å². The van der Waals surface area contributed by atoms with Crippen LogP contribution in [0.1, 0.15) is 27.6 Å². The molecule has 0 spiro atoms. The van der Waals surface area contributed by atoms with E-state index >= 15 is 0 Å². The zero-order chi connectivity index (χ0) is 15.5. The number of ketones is 1. The molecule has 0 radical (unpaired) electrons. The van der Waals surface area contributed by atoms with Gasteiger partial charge in [-0.05, 0) is 24.1 Å². The summed E-state index contributed by atoms with van der Waals surface area (Å²) in [6.07, 6.45) is 1.88. The lowest BCUT2D eigenvalue weighted by Crippen LogP contribution is -2.17. The summed E-state index contributed by atoms with van der Waals surface area (Å²) >= 11 is 0. The Bertz CT molecular complexity index is 783. The maximum Gasteiger partial charge on any atom is 0.198 e. The molecule has 1 N–H and O–H groups in total. The minimum Gasteiger partial charge on any atom is -0.380 e. The molecule has 1 heterocycles. The lowest BCUT2D eigenvalue weighted by molar-refractivity contribution is 0.0746. The maximum absolute atomic E-state index is 12.8. The zero-order valence-electron chi connectivity index (χ0n) is 12.0. The smallest absolute Gasteiger partial charge is 0.198 e. The van der Waals surface area contributed by atoms with Crippen molar-refractivity contribution in [1.82, 2.24) is 15.0 Å². The summed E-state index contributed by atoms with van der Waals surface area (Å²) in [7, 11) is 0. The van der Waals surface area contributed by atoms with Crippen molar-refractivity contribution in [3.8, 4) is 5.69 Å². The molecule has 0 fully saturated rings. The molecule has 5 heteroatoms. The minimum absolute atomic E-state index is 0.364. The van der Waals surface area contributed by atoms with E-state index in [9.17, 15) is 9.90 Å². The minimum atomic E-state index is -1.21. The van der Waals surface area contributed by atoms with E-state index < -0.39 is 6.10 Å². The molecule has 22 heavy (non-hydrogen) atoms. The predicted octanol–water partition coefficient (Wildman–Crippen LogP) is 2.49. The number of hydrogen-bond acceptors (Lipinski definition) is 4. The van der Waals surface area contributed by atoms with Crippen LogP contribution in [-0.2, 0) is 0 Å². The molecular formula is C17H15N3O2. The highest BCUT2D eigenvalue weighted by atomic mass is 16.3. The first-order valence-corrected chi connectivity index (χ1v) is 6.92. The van der Waals surface area contributed by atoms with Crippen LogP contribution in [0.3, 0.4) is 0 Å². The Morgan fingerprint density at radius 3 is 2.41 bits per heavy atom. The standard InChI is InChI=1S/C17H15N3O2/c1-12-6-5-9-14(20-18-10-11-19-20)15(12)17(22)16(21)13-7-3-2-4-8-13/h2-11,16,21H,1H3. The number of carbonyl (C=O) groups is 1. The normalized spacial score (nSPS) is 12.1. The first-order valence-electron chi connectivity index (χ1n) is 6.92. The second-order valence-electron chi connectivity index (χ2n) is 4.97. The molecule has 110 valence electrons. The van der Waals surface area contributed by atoms with Crippen LogP contribution in [0.2, 0.25) is 0 Å². The summed E-state index contributed by atoms with van der Waals surface area (Å²) < 4.78 is 0. The number of carbonyl (C=O) groups excluding carboxylic acids is 1. The van der Waals surface area contributed by atoms with Crippen LogP contribution in [-0.4, -0.2) is 25.9 Å². The van der Waals surface area contributed by atoms with E-state index in [0.29, 0.717) is 16.8 Å². The van der Waals surface area contributed by atoms with Crippen molar-refractivity contribution in [2.24, 2.45) is 0 Å². The molecule has 3 rings (SSSR count). The number of rotatable bonds is 4. The summed E-state index contributed by atoms with van der Waals surface area (Å²) in [5.41, 5.74) is 2.32. The van der Waals surface area contributed by atoms with Gasteiger partial charge in [0.2, 0.25) is 0 Å². The van der Waals surface area contributed by atoms with Crippen LogP contribution in [0.5, 0.6) is 0 Å². The van der Waals surface area contributed by atoms with Crippen molar-refractivity contribution >= 4 is 5.78 Å². The number of aromatic nitrogens is 3. The molecule has 0 saturated carbocycles.